The fourth-order valence-electron chi connectivity index (χ4n) is 3.81. The van der Waals surface area contributed by atoms with Crippen LogP contribution in [0.15, 0.2) is 24.3 Å². The fourth-order valence-corrected chi connectivity index (χ4v) is 3.81. The third-order valence-electron chi connectivity index (χ3n) is 5.25. The minimum Gasteiger partial charge on any atom is -0.495 e. The number of benzene rings is 1. The van der Waals surface area contributed by atoms with E-state index in [0.29, 0.717) is 5.92 Å². The molecule has 5 heteroatoms. The molecule has 0 aliphatic carbocycles. The third-order valence-corrected chi connectivity index (χ3v) is 5.25. The zero-order valence-electron chi connectivity index (χ0n) is 13.9. The van der Waals surface area contributed by atoms with E-state index >= 15 is 0 Å². The van der Waals surface area contributed by atoms with Crippen LogP contribution in [0.5, 0.6) is 5.75 Å². The molecule has 0 saturated carbocycles. The van der Waals surface area contributed by atoms with Crippen molar-refractivity contribution in [2.24, 2.45) is 5.92 Å². The lowest BCUT2D eigenvalue weighted by atomic mass is 9.91. The van der Waals surface area contributed by atoms with Crippen LogP contribution in [-0.2, 0) is 4.79 Å². The zero-order valence-corrected chi connectivity index (χ0v) is 13.9. The highest BCUT2D eigenvalue weighted by Gasteiger charge is 2.39. The summed E-state index contributed by atoms with van der Waals surface area (Å²) in [6.07, 6.45) is 2.55. The third kappa shape index (κ3) is 3.21. The lowest BCUT2D eigenvalue weighted by molar-refractivity contribution is -0.122. The summed E-state index contributed by atoms with van der Waals surface area (Å²) in [7, 11) is 1.64. The zero-order chi connectivity index (χ0) is 16.4. The highest BCUT2D eigenvalue weighted by Crippen LogP contribution is 2.33. The standard InChI is InChI=1S/C18H26N2O3/c1-13(21)14-7-10-19(11-8-14)16-9-12-20(18(16)22)15-5-3-4-6-17(15)23-2/h3-6,13-14,16,21H,7-12H2,1-2H3. The molecule has 0 radical (unpaired) electrons. The van der Waals surface area contributed by atoms with E-state index in [4.69, 9.17) is 4.74 Å². The average molecular weight is 318 g/mol. The van der Waals surface area contributed by atoms with Crippen LogP contribution in [0.4, 0.5) is 5.69 Å². The number of rotatable bonds is 4. The number of ether oxygens (including phenoxy) is 1. The molecule has 1 N–H and O–H groups in total. The Morgan fingerprint density at radius 1 is 1.17 bits per heavy atom. The number of anilines is 1. The van der Waals surface area contributed by atoms with Crippen molar-refractivity contribution < 1.29 is 14.6 Å². The molecule has 2 fully saturated rings. The number of carbonyl (C=O) groups excluding carboxylic acids is 1. The number of nitrogens with zero attached hydrogens (tertiary/aromatic N) is 2. The summed E-state index contributed by atoms with van der Waals surface area (Å²) in [4.78, 5) is 17.0. The molecular formula is C18H26N2O3. The van der Waals surface area contributed by atoms with Crippen LogP contribution in [0.1, 0.15) is 26.2 Å². The second kappa shape index (κ2) is 6.89. The maximum absolute atomic E-state index is 12.9. The molecule has 1 aromatic rings. The van der Waals surface area contributed by atoms with E-state index in [1.54, 1.807) is 7.11 Å². The molecule has 0 aromatic heterocycles. The molecule has 2 unspecified atom stereocenters. The SMILES string of the molecule is COc1ccccc1N1CCC(N2CCC(C(C)O)CC2)C1=O. The van der Waals surface area contributed by atoms with Gasteiger partial charge in [0, 0.05) is 6.54 Å². The molecule has 3 rings (SSSR count). The summed E-state index contributed by atoms with van der Waals surface area (Å²) in [5.74, 6) is 1.28. The van der Waals surface area contributed by atoms with Crippen molar-refractivity contribution in [2.75, 3.05) is 31.6 Å². The van der Waals surface area contributed by atoms with Crippen LogP contribution >= 0.6 is 0 Å². The Bertz CT molecular complexity index is 553. The summed E-state index contributed by atoms with van der Waals surface area (Å²) in [5.41, 5.74) is 0.862. The summed E-state index contributed by atoms with van der Waals surface area (Å²) in [6, 6.07) is 7.66. The molecule has 1 amide bonds. The van der Waals surface area contributed by atoms with Gasteiger partial charge in [0.25, 0.3) is 0 Å². The van der Waals surface area contributed by atoms with Crippen molar-refractivity contribution in [1.82, 2.24) is 4.90 Å². The first kappa shape index (κ1) is 16.3. The first-order valence-corrected chi connectivity index (χ1v) is 8.48. The van der Waals surface area contributed by atoms with Gasteiger partial charge in [0.15, 0.2) is 0 Å². The van der Waals surface area contributed by atoms with Gasteiger partial charge >= 0.3 is 0 Å². The molecule has 23 heavy (non-hydrogen) atoms. The van der Waals surface area contributed by atoms with E-state index in [-0.39, 0.29) is 18.1 Å². The summed E-state index contributed by atoms with van der Waals surface area (Å²) in [6.45, 7) is 4.39. The van der Waals surface area contributed by atoms with Crippen molar-refractivity contribution in [3.63, 3.8) is 0 Å². The molecule has 2 aliphatic heterocycles. The van der Waals surface area contributed by atoms with Gasteiger partial charge in [-0.15, -0.1) is 0 Å². The number of hydrogen-bond donors (Lipinski definition) is 1. The number of hydrogen-bond acceptors (Lipinski definition) is 4. The topological polar surface area (TPSA) is 53.0 Å². The van der Waals surface area contributed by atoms with Crippen LogP contribution < -0.4 is 9.64 Å². The Morgan fingerprint density at radius 2 is 1.87 bits per heavy atom. The molecule has 5 nitrogen and oxygen atoms in total. The van der Waals surface area contributed by atoms with Gasteiger partial charge in [0.05, 0.1) is 24.9 Å². The molecule has 126 valence electrons. The Kier molecular flexibility index (Phi) is 4.87. The van der Waals surface area contributed by atoms with E-state index in [1.807, 2.05) is 36.1 Å². The number of likely N-dealkylation sites (tertiary alicyclic amines) is 1. The van der Waals surface area contributed by atoms with Gasteiger partial charge in [-0.05, 0) is 57.3 Å². The maximum atomic E-state index is 12.9. The molecular weight excluding hydrogens is 292 g/mol. The molecule has 2 heterocycles. The number of piperidine rings is 1. The summed E-state index contributed by atoms with van der Waals surface area (Å²) >= 11 is 0. The molecule has 0 spiro atoms. The molecule has 1 aromatic carbocycles. The molecule has 0 bridgehead atoms. The largest absolute Gasteiger partial charge is 0.495 e. The van der Waals surface area contributed by atoms with E-state index in [0.717, 1.165) is 50.3 Å². The summed E-state index contributed by atoms with van der Waals surface area (Å²) < 4.78 is 5.39. The van der Waals surface area contributed by atoms with Gasteiger partial charge < -0.3 is 14.7 Å². The maximum Gasteiger partial charge on any atom is 0.244 e. The van der Waals surface area contributed by atoms with Crippen molar-refractivity contribution in [1.29, 1.82) is 0 Å². The van der Waals surface area contributed by atoms with Gasteiger partial charge in [-0.1, -0.05) is 12.1 Å². The van der Waals surface area contributed by atoms with Gasteiger partial charge in [-0.3, -0.25) is 9.69 Å². The molecule has 2 atom stereocenters. The van der Waals surface area contributed by atoms with Crippen LogP contribution in [0, 0.1) is 5.92 Å². The molecule has 2 aliphatic rings. The van der Waals surface area contributed by atoms with Crippen molar-refractivity contribution in [3.05, 3.63) is 24.3 Å². The van der Waals surface area contributed by atoms with E-state index in [2.05, 4.69) is 4.90 Å². The number of para-hydroxylation sites is 2. The highest BCUT2D eigenvalue weighted by molar-refractivity contribution is 6.00. The first-order valence-electron chi connectivity index (χ1n) is 8.48. The van der Waals surface area contributed by atoms with E-state index in [9.17, 15) is 9.90 Å². The Labute approximate surface area is 137 Å². The minimum absolute atomic E-state index is 0.0325. The number of amides is 1. The number of aliphatic hydroxyl groups is 1. The van der Waals surface area contributed by atoms with Gasteiger partial charge in [-0.25, -0.2) is 0 Å². The van der Waals surface area contributed by atoms with Gasteiger partial charge in [0.1, 0.15) is 5.75 Å². The van der Waals surface area contributed by atoms with Gasteiger partial charge in [-0.2, -0.15) is 0 Å². The quantitative estimate of drug-likeness (QED) is 0.921. The summed E-state index contributed by atoms with van der Waals surface area (Å²) in [5, 5.41) is 9.72. The number of methoxy groups -OCH3 is 1. The number of aliphatic hydroxyl groups excluding tert-OH is 1. The van der Waals surface area contributed by atoms with Crippen LogP contribution in [0.3, 0.4) is 0 Å². The second-order valence-electron chi connectivity index (χ2n) is 6.58. The van der Waals surface area contributed by atoms with Crippen molar-refractivity contribution in [3.8, 4) is 5.75 Å². The Morgan fingerprint density at radius 3 is 2.52 bits per heavy atom. The predicted molar refractivity (Wildman–Crippen MR) is 89.7 cm³/mol. The average Bonchev–Trinajstić information content (AvgIpc) is 2.96. The lowest BCUT2D eigenvalue weighted by Crippen LogP contribution is -2.47. The Balaban J connectivity index is 1.68. The van der Waals surface area contributed by atoms with E-state index in [1.165, 1.54) is 0 Å². The lowest BCUT2D eigenvalue weighted by Gasteiger charge is -2.36. The monoisotopic (exact) mass is 318 g/mol. The van der Waals surface area contributed by atoms with Crippen molar-refractivity contribution >= 4 is 11.6 Å². The van der Waals surface area contributed by atoms with Gasteiger partial charge in [0.2, 0.25) is 5.91 Å². The highest BCUT2D eigenvalue weighted by atomic mass is 16.5. The predicted octanol–water partition coefficient (Wildman–Crippen LogP) is 1.89. The smallest absolute Gasteiger partial charge is 0.244 e. The number of carbonyl (C=O) groups is 1. The normalized spacial score (nSPS) is 24.9. The first-order chi connectivity index (χ1) is 11.1. The Hall–Kier alpha value is -1.59. The van der Waals surface area contributed by atoms with E-state index < -0.39 is 0 Å². The second-order valence-corrected chi connectivity index (χ2v) is 6.58. The van der Waals surface area contributed by atoms with Crippen LogP contribution in [0.25, 0.3) is 0 Å². The van der Waals surface area contributed by atoms with Crippen LogP contribution in [-0.4, -0.2) is 54.8 Å². The van der Waals surface area contributed by atoms with Crippen LogP contribution in [0.2, 0.25) is 0 Å². The molecule has 2 saturated heterocycles. The van der Waals surface area contributed by atoms with Crippen molar-refractivity contribution in [2.45, 2.75) is 38.3 Å². The minimum atomic E-state index is -0.249. The fraction of sp³-hybridized carbons (Fsp3) is 0.611.